The zero-order valence-corrected chi connectivity index (χ0v) is 9.57. The van der Waals surface area contributed by atoms with E-state index < -0.39 is 0 Å². The second-order valence-electron chi connectivity index (χ2n) is 4.37. The Kier molecular flexibility index (Phi) is 3.56. The summed E-state index contributed by atoms with van der Waals surface area (Å²) in [5.41, 5.74) is 0.465. The van der Waals surface area contributed by atoms with Crippen molar-refractivity contribution in [1.82, 2.24) is 15.5 Å². The summed E-state index contributed by atoms with van der Waals surface area (Å²) < 4.78 is 0. The van der Waals surface area contributed by atoms with Crippen LogP contribution in [0.25, 0.3) is 0 Å². The monoisotopic (exact) mass is 222 g/mol. The number of piperidine rings is 1. The molecule has 2 N–H and O–H groups in total. The molecule has 0 amide bonds. The number of rotatable bonds is 4. The van der Waals surface area contributed by atoms with Gasteiger partial charge in [0.1, 0.15) is 11.5 Å². The lowest BCUT2D eigenvalue weighted by molar-refractivity contribution is 0.111. The van der Waals surface area contributed by atoms with Gasteiger partial charge in [-0.25, -0.2) is 0 Å². The number of nitrogens with one attached hydrogen (secondary N) is 2. The van der Waals surface area contributed by atoms with Crippen LogP contribution < -0.4 is 10.2 Å². The van der Waals surface area contributed by atoms with Crippen LogP contribution in [-0.4, -0.2) is 43.2 Å². The molecule has 2 rings (SSSR count). The van der Waals surface area contributed by atoms with E-state index in [2.05, 4.69) is 20.4 Å². The summed E-state index contributed by atoms with van der Waals surface area (Å²) in [6.45, 7) is 3.24. The van der Waals surface area contributed by atoms with Crippen molar-refractivity contribution >= 4 is 12.1 Å². The number of aldehydes is 1. The number of hydrogen-bond acceptors (Lipinski definition) is 4. The predicted octanol–water partition coefficient (Wildman–Crippen LogP) is 0.658. The Morgan fingerprint density at radius 2 is 2.31 bits per heavy atom. The van der Waals surface area contributed by atoms with Crippen LogP contribution in [0.1, 0.15) is 23.3 Å². The topological polar surface area (TPSA) is 61.0 Å². The van der Waals surface area contributed by atoms with Crippen molar-refractivity contribution in [1.29, 1.82) is 0 Å². The number of H-pyrrole nitrogens is 1. The van der Waals surface area contributed by atoms with Crippen molar-refractivity contribution in [2.45, 2.75) is 12.8 Å². The van der Waals surface area contributed by atoms with Crippen molar-refractivity contribution < 1.29 is 4.79 Å². The second-order valence-corrected chi connectivity index (χ2v) is 4.37. The smallest absolute Gasteiger partial charge is 0.170 e. The molecule has 0 aliphatic carbocycles. The van der Waals surface area contributed by atoms with Crippen molar-refractivity contribution in [2.75, 3.05) is 31.6 Å². The minimum atomic E-state index is 0.465. The maximum absolute atomic E-state index is 10.5. The molecule has 0 bridgehead atoms. The minimum Gasteiger partial charge on any atom is -0.360 e. The van der Waals surface area contributed by atoms with E-state index >= 15 is 0 Å². The molecule has 1 aromatic rings. The third kappa shape index (κ3) is 2.61. The van der Waals surface area contributed by atoms with Gasteiger partial charge < -0.3 is 10.2 Å². The highest BCUT2D eigenvalue weighted by atomic mass is 16.1. The van der Waals surface area contributed by atoms with E-state index in [0.29, 0.717) is 5.69 Å². The Bertz CT molecular complexity index is 344. The van der Waals surface area contributed by atoms with Crippen LogP contribution in [0.5, 0.6) is 0 Å². The minimum absolute atomic E-state index is 0.465. The van der Waals surface area contributed by atoms with Crippen LogP contribution >= 0.6 is 0 Å². The maximum Gasteiger partial charge on any atom is 0.170 e. The summed E-state index contributed by atoms with van der Waals surface area (Å²) in [4.78, 5) is 12.7. The molecule has 0 atom stereocenters. The van der Waals surface area contributed by atoms with Crippen LogP contribution in [0, 0.1) is 5.92 Å². The first-order valence-corrected chi connectivity index (χ1v) is 5.72. The molecule has 2 heterocycles. The summed E-state index contributed by atoms with van der Waals surface area (Å²) in [6.07, 6.45) is 3.20. The quantitative estimate of drug-likeness (QED) is 0.735. The van der Waals surface area contributed by atoms with Crippen molar-refractivity contribution in [3.05, 3.63) is 11.8 Å². The summed E-state index contributed by atoms with van der Waals surface area (Å²) in [5, 5.41) is 10.1. The average Bonchev–Trinajstić information content (AvgIpc) is 2.79. The van der Waals surface area contributed by atoms with Gasteiger partial charge in [0, 0.05) is 19.7 Å². The molecule has 0 unspecified atom stereocenters. The first-order valence-electron chi connectivity index (χ1n) is 5.72. The molecule has 16 heavy (non-hydrogen) atoms. The standard InChI is InChI=1S/C11H18N4O/c1-15(7-9-2-4-12-5-3-9)11-6-10(8-16)13-14-11/h6,8-9,12H,2-5,7H2,1H3,(H,13,14). The molecule has 1 saturated heterocycles. The summed E-state index contributed by atoms with van der Waals surface area (Å²) in [6, 6.07) is 1.79. The number of hydrogen-bond donors (Lipinski definition) is 2. The number of carbonyl (C=O) groups excluding carboxylic acids is 1. The fraction of sp³-hybridized carbons (Fsp3) is 0.636. The van der Waals surface area contributed by atoms with Crippen LogP contribution in [-0.2, 0) is 0 Å². The number of aromatic nitrogens is 2. The third-order valence-electron chi connectivity index (χ3n) is 3.11. The number of aromatic amines is 1. The number of anilines is 1. The van der Waals surface area contributed by atoms with E-state index in [0.717, 1.165) is 37.7 Å². The van der Waals surface area contributed by atoms with Gasteiger partial charge in [-0.15, -0.1) is 0 Å². The molecule has 1 aliphatic heterocycles. The first-order chi connectivity index (χ1) is 7.79. The van der Waals surface area contributed by atoms with Crippen LogP contribution in [0.3, 0.4) is 0 Å². The highest BCUT2D eigenvalue weighted by Gasteiger charge is 2.16. The Balaban J connectivity index is 1.90. The van der Waals surface area contributed by atoms with E-state index in [-0.39, 0.29) is 0 Å². The average molecular weight is 222 g/mol. The molecule has 1 fully saturated rings. The van der Waals surface area contributed by atoms with Gasteiger partial charge in [0.2, 0.25) is 0 Å². The van der Waals surface area contributed by atoms with Crippen LogP contribution in [0.2, 0.25) is 0 Å². The van der Waals surface area contributed by atoms with Gasteiger partial charge in [0.15, 0.2) is 6.29 Å². The van der Waals surface area contributed by atoms with E-state index in [9.17, 15) is 4.79 Å². The van der Waals surface area contributed by atoms with Gasteiger partial charge in [0.25, 0.3) is 0 Å². The molecule has 5 heteroatoms. The number of nitrogens with zero attached hydrogens (tertiary/aromatic N) is 2. The Morgan fingerprint density at radius 3 is 2.94 bits per heavy atom. The molecule has 88 valence electrons. The fourth-order valence-corrected chi connectivity index (χ4v) is 2.13. The maximum atomic E-state index is 10.5. The molecule has 0 saturated carbocycles. The normalized spacial score (nSPS) is 17.3. The molecular formula is C11H18N4O. The summed E-state index contributed by atoms with van der Waals surface area (Å²) >= 11 is 0. The highest BCUT2D eigenvalue weighted by Crippen LogP contribution is 2.16. The molecule has 1 aromatic heterocycles. The molecule has 1 aliphatic rings. The number of carbonyl (C=O) groups is 1. The van der Waals surface area contributed by atoms with Gasteiger partial charge in [-0.2, -0.15) is 5.10 Å². The zero-order chi connectivity index (χ0) is 11.4. The molecule has 5 nitrogen and oxygen atoms in total. The van der Waals surface area contributed by atoms with Crippen LogP contribution in [0.4, 0.5) is 5.82 Å². The van der Waals surface area contributed by atoms with Crippen molar-refractivity contribution in [2.24, 2.45) is 5.92 Å². The molecule has 0 spiro atoms. The predicted molar refractivity (Wildman–Crippen MR) is 62.8 cm³/mol. The SMILES string of the molecule is CN(CC1CCNCC1)c1cc(C=O)n[nH]1. The van der Waals surface area contributed by atoms with E-state index in [4.69, 9.17) is 0 Å². The lowest BCUT2D eigenvalue weighted by atomic mass is 9.98. The Morgan fingerprint density at radius 1 is 1.56 bits per heavy atom. The second kappa shape index (κ2) is 5.12. The van der Waals surface area contributed by atoms with Gasteiger partial charge in [-0.3, -0.25) is 9.89 Å². The van der Waals surface area contributed by atoms with E-state index in [1.165, 1.54) is 12.8 Å². The lowest BCUT2D eigenvalue weighted by Gasteiger charge is -2.27. The van der Waals surface area contributed by atoms with Gasteiger partial charge in [-0.05, 0) is 31.8 Å². The molecular weight excluding hydrogens is 204 g/mol. The molecule has 0 radical (unpaired) electrons. The first kappa shape index (κ1) is 11.1. The van der Waals surface area contributed by atoms with Gasteiger partial charge in [-0.1, -0.05) is 0 Å². The highest BCUT2D eigenvalue weighted by molar-refractivity contribution is 5.73. The largest absolute Gasteiger partial charge is 0.360 e. The van der Waals surface area contributed by atoms with Crippen LogP contribution in [0.15, 0.2) is 6.07 Å². The Labute approximate surface area is 95.2 Å². The lowest BCUT2D eigenvalue weighted by Crippen LogP contribution is -2.34. The zero-order valence-electron chi connectivity index (χ0n) is 9.57. The fourth-order valence-electron chi connectivity index (χ4n) is 2.13. The van der Waals surface area contributed by atoms with E-state index in [1.807, 2.05) is 7.05 Å². The van der Waals surface area contributed by atoms with Gasteiger partial charge >= 0.3 is 0 Å². The van der Waals surface area contributed by atoms with E-state index in [1.54, 1.807) is 6.07 Å². The van der Waals surface area contributed by atoms with Crippen molar-refractivity contribution in [3.8, 4) is 0 Å². The van der Waals surface area contributed by atoms with Gasteiger partial charge in [0.05, 0.1) is 0 Å². The van der Waals surface area contributed by atoms with Crippen molar-refractivity contribution in [3.63, 3.8) is 0 Å². The molecule has 0 aromatic carbocycles. The summed E-state index contributed by atoms with van der Waals surface area (Å²) in [5.74, 6) is 1.65. The summed E-state index contributed by atoms with van der Waals surface area (Å²) in [7, 11) is 2.03. The third-order valence-corrected chi connectivity index (χ3v) is 3.11. The Hall–Kier alpha value is -1.36.